The van der Waals surface area contributed by atoms with E-state index in [1.807, 2.05) is 12.2 Å². The van der Waals surface area contributed by atoms with Crippen LogP contribution in [0.1, 0.15) is 95.8 Å². The van der Waals surface area contributed by atoms with Crippen LogP contribution in [0.15, 0.2) is 40.7 Å². The third-order valence-corrected chi connectivity index (χ3v) is 7.12. The number of unbranched alkanes of at least 4 members (excludes halogenated alkanes) is 2. The first-order valence-corrected chi connectivity index (χ1v) is 13.3. The Labute approximate surface area is 211 Å². The van der Waals surface area contributed by atoms with Gasteiger partial charge < -0.3 is 10.0 Å². The van der Waals surface area contributed by atoms with Crippen LogP contribution in [0.3, 0.4) is 0 Å². The van der Waals surface area contributed by atoms with Crippen molar-refractivity contribution in [3.8, 4) is 11.9 Å². The molecule has 1 aliphatic heterocycles. The molecule has 0 saturated carbocycles. The Hall–Kier alpha value is -2.96. The highest BCUT2D eigenvalue weighted by Gasteiger charge is 2.20. The van der Waals surface area contributed by atoms with Crippen molar-refractivity contribution in [2.75, 3.05) is 6.54 Å². The molecule has 0 radical (unpaired) electrons. The lowest BCUT2D eigenvalue weighted by Crippen LogP contribution is -2.27. The summed E-state index contributed by atoms with van der Waals surface area (Å²) < 4.78 is 1.38. The van der Waals surface area contributed by atoms with Crippen molar-refractivity contribution in [1.29, 1.82) is 5.26 Å². The van der Waals surface area contributed by atoms with Crippen molar-refractivity contribution in [3.63, 3.8) is 0 Å². The van der Waals surface area contributed by atoms with Gasteiger partial charge in [0.1, 0.15) is 11.6 Å². The first-order valence-electron chi connectivity index (χ1n) is 13.3. The van der Waals surface area contributed by atoms with Crippen LogP contribution in [0.5, 0.6) is 5.88 Å². The van der Waals surface area contributed by atoms with Gasteiger partial charge in [0.2, 0.25) is 5.88 Å². The molecule has 2 heterocycles. The molecule has 0 aliphatic carbocycles. The van der Waals surface area contributed by atoms with Gasteiger partial charge in [-0.2, -0.15) is 5.26 Å². The number of aromatic nitrogens is 1. The van der Waals surface area contributed by atoms with Gasteiger partial charge in [0.05, 0.1) is 0 Å². The van der Waals surface area contributed by atoms with Crippen molar-refractivity contribution in [2.45, 2.75) is 92.5 Å². The minimum Gasteiger partial charge on any atom is -0.494 e. The van der Waals surface area contributed by atoms with Crippen molar-refractivity contribution in [3.05, 3.63) is 62.9 Å². The van der Waals surface area contributed by atoms with E-state index in [2.05, 4.69) is 56.8 Å². The van der Waals surface area contributed by atoms with E-state index in [4.69, 9.17) is 0 Å². The smallest absolute Gasteiger partial charge is 0.271 e. The molecule has 0 amide bonds. The van der Waals surface area contributed by atoms with Crippen LogP contribution >= 0.6 is 0 Å². The SMILES string of the molecule is CCCCC(CC)CN1C=CC(=C=Cc2c(C)c(C#N)c(=O)n(CC(CC)CCCC)c2O)C=C1. The lowest BCUT2D eigenvalue weighted by atomic mass is 9.98. The van der Waals surface area contributed by atoms with E-state index < -0.39 is 5.56 Å². The lowest BCUT2D eigenvalue weighted by Gasteiger charge is -2.24. The Morgan fingerprint density at radius 3 is 2.09 bits per heavy atom. The van der Waals surface area contributed by atoms with Crippen LogP contribution in [0.4, 0.5) is 0 Å². The molecule has 1 aromatic rings. The summed E-state index contributed by atoms with van der Waals surface area (Å²) in [4.78, 5) is 15.2. The molecular formula is C30H43N3O2. The van der Waals surface area contributed by atoms with Crippen LogP contribution in [0.25, 0.3) is 6.08 Å². The second-order valence-electron chi connectivity index (χ2n) is 9.67. The summed E-state index contributed by atoms with van der Waals surface area (Å²) in [5.41, 5.74) is 4.78. The molecule has 5 heteroatoms. The van der Waals surface area contributed by atoms with Gasteiger partial charge >= 0.3 is 0 Å². The highest BCUT2D eigenvalue weighted by molar-refractivity contribution is 5.63. The topological polar surface area (TPSA) is 69.3 Å². The van der Waals surface area contributed by atoms with Crippen LogP contribution in [0.2, 0.25) is 0 Å². The number of aromatic hydroxyl groups is 1. The fraction of sp³-hybridized carbons (Fsp3) is 0.567. The Bertz CT molecular complexity index is 1050. The van der Waals surface area contributed by atoms with Gasteiger partial charge in [-0.05, 0) is 55.4 Å². The van der Waals surface area contributed by atoms with Gasteiger partial charge in [-0.25, -0.2) is 0 Å². The van der Waals surface area contributed by atoms with Gasteiger partial charge in [-0.3, -0.25) is 9.36 Å². The molecule has 2 rings (SSSR count). The van der Waals surface area contributed by atoms with Crippen molar-refractivity contribution < 1.29 is 5.11 Å². The molecule has 35 heavy (non-hydrogen) atoms. The number of rotatable bonds is 13. The molecule has 5 nitrogen and oxygen atoms in total. The maximum Gasteiger partial charge on any atom is 0.271 e. The molecule has 0 spiro atoms. The highest BCUT2D eigenvalue weighted by atomic mass is 16.3. The Morgan fingerprint density at radius 1 is 1.00 bits per heavy atom. The molecule has 0 bridgehead atoms. The van der Waals surface area contributed by atoms with Gasteiger partial charge in [0.25, 0.3) is 5.56 Å². The first kappa shape index (κ1) is 28.3. The normalized spacial score (nSPS) is 14.5. The molecule has 0 saturated heterocycles. The molecule has 2 atom stereocenters. The summed E-state index contributed by atoms with van der Waals surface area (Å²) in [6, 6.07) is 2.05. The van der Waals surface area contributed by atoms with Crippen LogP contribution in [-0.4, -0.2) is 21.1 Å². The largest absolute Gasteiger partial charge is 0.494 e. The van der Waals surface area contributed by atoms with Crippen LogP contribution in [0, 0.1) is 30.1 Å². The van der Waals surface area contributed by atoms with E-state index in [1.165, 1.54) is 30.3 Å². The summed E-state index contributed by atoms with van der Waals surface area (Å²) in [5.74, 6) is 0.878. The second kappa shape index (κ2) is 14.4. The van der Waals surface area contributed by atoms with E-state index in [-0.39, 0.29) is 17.4 Å². The predicted molar refractivity (Wildman–Crippen MR) is 145 cm³/mol. The summed E-state index contributed by atoms with van der Waals surface area (Å²) in [6.45, 7) is 11.9. The summed E-state index contributed by atoms with van der Waals surface area (Å²) in [5, 5.41) is 20.7. The molecule has 0 fully saturated rings. The van der Waals surface area contributed by atoms with Crippen molar-refractivity contribution in [2.24, 2.45) is 11.8 Å². The lowest BCUT2D eigenvalue weighted by molar-refractivity contribution is 0.338. The van der Waals surface area contributed by atoms with E-state index in [9.17, 15) is 15.2 Å². The quantitative estimate of drug-likeness (QED) is 0.309. The number of nitriles is 1. The van der Waals surface area contributed by atoms with Crippen LogP contribution < -0.4 is 5.56 Å². The Balaban J connectivity index is 2.32. The van der Waals surface area contributed by atoms with E-state index in [1.54, 1.807) is 13.0 Å². The predicted octanol–water partition coefficient (Wildman–Crippen LogP) is 7.05. The van der Waals surface area contributed by atoms with Crippen molar-refractivity contribution >= 4 is 6.08 Å². The maximum absolute atomic E-state index is 13.0. The van der Waals surface area contributed by atoms with E-state index >= 15 is 0 Å². The standard InChI is InChI=1S/C30H43N3O2/c1-6-10-12-24(8-3)21-32-18-16-26(17-19-32)14-15-27-23(5)28(20-31)30(35)33(29(27)34)22-25(9-4)13-11-7-2/h15-19,24-25,34H,6-13,21-22H2,1-5H3. The molecule has 1 aromatic heterocycles. The summed E-state index contributed by atoms with van der Waals surface area (Å²) >= 11 is 0. The Kier molecular flexibility index (Phi) is 11.7. The highest BCUT2D eigenvalue weighted by Crippen LogP contribution is 2.26. The average molecular weight is 478 g/mol. The van der Waals surface area contributed by atoms with Gasteiger partial charge in [-0.15, -0.1) is 5.73 Å². The summed E-state index contributed by atoms with van der Waals surface area (Å²) in [6.07, 6.45) is 18.8. The monoisotopic (exact) mass is 477 g/mol. The number of hydrogen-bond acceptors (Lipinski definition) is 4. The molecule has 2 unspecified atom stereocenters. The van der Waals surface area contributed by atoms with Gasteiger partial charge in [0.15, 0.2) is 0 Å². The second-order valence-corrected chi connectivity index (χ2v) is 9.67. The fourth-order valence-corrected chi connectivity index (χ4v) is 4.53. The number of pyridine rings is 1. The average Bonchev–Trinajstić information content (AvgIpc) is 2.87. The summed E-state index contributed by atoms with van der Waals surface area (Å²) in [7, 11) is 0. The molecule has 0 aromatic carbocycles. The van der Waals surface area contributed by atoms with E-state index in [0.717, 1.165) is 37.8 Å². The third-order valence-electron chi connectivity index (χ3n) is 7.12. The minimum absolute atomic E-state index is 0.0818. The molecular weight excluding hydrogens is 434 g/mol. The zero-order chi connectivity index (χ0) is 25.8. The molecule has 190 valence electrons. The van der Waals surface area contributed by atoms with Gasteiger partial charge in [-0.1, -0.05) is 66.2 Å². The zero-order valence-electron chi connectivity index (χ0n) is 22.3. The van der Waals surface area contributed by atoms with Crippen molar-refractivity contribution in [1.82, 2.24) is 9.47 Å². The molecule has 1 N–H and O–H groups in total. The first-order chi connectivity index (χ1) is 16.9. The molecule has 1 aliphatic rings. The van der Waals surface area contributed by atoms with E-state index in [0.29, 0.717) is 23.6 Å². The van der Waals surface area contributed by atoms with Gasteiger partial charge in [0, 0.05) is 36.6 Å². The number of hydrogen-bond donors (Lipinski definition) is 1. The maximum atomic E-state index is 13.0. The third kappa shape index (κ3) is 7.77. The zero-order valence-corrected chi connectivity index (χ0v) is 22.3. The van der Waals surface area contributed by atoms with Crippen LogP contribution in [-0.2, 0) is 6.54 Å². The minimum atomic E-state index is -0.413. The fourth-order valence-electron chi connectivity index (χ4n) is 4.53. The number of nitrogens with zero attached hydrogens (tertiary/aromatic N) is 3. The Morgan fingerprint density at radius 2 is 1.57 bits per heavy atom. The number of allylic oxidation sites excluding steroid dienone is 3.